The van der Waals surface area contributed by atoms with E-state index in [0.717, 1.165) is 0 Å². The molecule has 0 atom stereocenters. The van der Waals surface area contributed by atoms with Gasteiger partial charge in [-0.3, -0.25) is 0 Å². The Morgan fingerprint density at radius 1 is 1.21 bits per heavy atom. The molecule has 0 saturated carbocycles. The average molecular weight is 283 g/mol. The summed E-state index contributed by atoms with van der Waals surface area (Å²) < 4.78 is 54.4. The molecular weight excluding hydrogens is 270 g/mol. The molecule has 19 heavy (non-hydrogen) atoms. The molecule has 0 aliphatic carbocycles. The van der Waals surface area contributed by atoms with E-state index in [1.165, 1.54) is 7.05 Å². The number of alkyl halides is 4. The largest absolute Gasteiger partial charge is 0.464 e. The van der Waals surface area contributed by atoms with E-state index in [2.05, 4.69) is 20.3 Å². The van der Waals surface area contributed by atoms with Crippen molar-refractivity contribution in [2.24, 2.45) is 0 Å². The number of nitrogens with one attached hydrogen (secondary N) is 2. The van der Waals surface area contributed by atoms with Crippen LogP contribution in [0.15, 0.2) is 0 Å². The van der Waals surface area contributed by atoms with E-state index in [1.54, 1.807) is 6.92 Å². The summed E-state index contributed by atoms with van der Waals surface area (Å²) in [6, 6.07) is -0.0929. The predicted molar refractivity (Wildman–Crippen MR) is 60.0 cm³/mol. The van der Waals surface area contributed by atoms with Gasteiger partial charge in [-0.2, -0.15) is 23.7 Å². The van der Waals surface area contributed by atoms with Crippen molar-refractivity contribution in [3.05, 3.63) is 0 Å². The summed E-state index contributed by atoms with van der Waals surface area (Å²) in [4.78, 5) is 11.1. The van der Waals surface area contributed by atoms with E-state index in [9.17, 15) is 17.6 Å². The van der Waals surface area contributed by atoms with Gasteiger partial charge in [0.1, 0.15) is 0 Å². The molecule has 0 amide bonds. The van der Waals surface area contributed by atoms with Crippen LogP contribution in [0.1, 0.15) is 6.92 Å². The second kappa shape index (κ2) is 6.34. The minimum Gasteiger partial charge on any atom is -0.464 e. The van der Waals surface area contributed by atoms with Crippen molar-refractivity contribution in [3.63, 3.8) is 0 Å². The van der Waals surface area contributed by atoms with Crippen LogP contribution in [0.4, 0.5) is 29.5 Å². The fourth-order valence-corrected chi connectivity index (χ4v) is 1.02. The summed E-state index contributed by atoms with van der Waals surface area (Å²) in [5.74, 6) is -4.37. The van der Waals surface area contributed by atoms with Gasteiger partial charge in [-0.05, 0) is 6.92 Å². The Morgan fingerprint density at radius 3 is 2.37 bits per heavy atom. The monoisotopic (exact) mass is 283 g/mol. The molecule has 0 fully saturated rings. The van der Waals surface area contributed by atoms with E-state index in [-0.39, 0.29) is 24.5 Å². The highest BCUT2D eigenvalue weighted by Crippen LogP contribution is 2.23. The number of ether oxygens (including phenoxy) is 1. The lowest BCUT2D eigenvalue weighted by molar-refractivity contribution is -0.117. The van der Waals surface area contributed by atoms with Crippen molar-refractivity contribution in [1.82, 2.24) is 15.0 Å². The lowest BCUT2D eigenvalue weighted by Gasteiger charge is -2.16. The third-order valence-electron chi connectivity index (χ3n) is 1.91. The first-order valence-corrected chi connectivity index (χ1v) is 5.35. The fraction of sp³-hybridized carbons (Fsp3) is 0.667. The smallest absolute Gasteiger partial charge is 0.324 e. The molecule has 10 heteroatoms. The van der Waals surface area contributed by atoms with Gasteiger partial charge in [-0.25, -0.2) is 8.78 Å². The first-order chi connectivity index (χ1) is 8.89. The average Bonchev–Trinajstić information content (AvgIpc) is 2.36. The SMILES string of the molecule is CCOc1nc(NC)nc(NCC(F)(F)C(F)F)n1. The molecule has 0 aromatic carbocycles. The summed E-state index contributed by atoms with van der Waals surface area (Å²) in [5, 5.41) is 4.60. The van der Waals surface area contributed by atoms with E-state index in [0.29, 0.717) is 0 Å². The van der Waals surface area contributed by atoms with Gasteiger partial charge in [0.2, 0.25) is 11.9 Å². The topological polar surface area (TPSA) is 72.0 Å². The number of rotatable bonds is 7. The minimum atomic E-state index is -4.17. The highest BCUT2D eigenvalue weighted by Gasteiger charge is 2.40. The van der Waals surface area contributed by atoms with Crippen LogP contribution >= 0.6 is 0 Å². The lowest BCUT2D eigenvalue weighted by atomic mass is 10.3. The highest BCUT2D eigenvalue weighted by molar-refractivity contribution is 5.35. The number of hydrogen-bond acceptors (Lipinski definition) is 6. The summed E-state index contributed by atoms with van der Waals surface area (Å²) in [7, 11) is 1.50. The Bertz CT molecular complexity index is 418. The van der Waals surface area contributed by atoms with Crippen LogP contribution in [-0.4, -0.2) is 47.5 Å². The quantitative estimate of drug-likeness (QED) is 0.741. The Labute approximate surface area is 106 Å². The molecule has 1 heterocycles. The van der Waals surface area contributed by atoms with Crippen LogP contribution in [0.3, 0.4) is 0 Å². The van der Waals surface area contributed by atoms with Gasteiger partial charge in [-0.15, -0.1) is 0 Å². The Hall–Kier alpha value is -1.87. The molecule has 0 aliphatic heterocycles. The molecule has 1 aromatic heterocycles. The molecule has 0 saturated heterocycles. The van der Waals surface area contributed by atoms with Gasteiger partial charge >= 0.3 is 18.4 Å². The van der Waals surface area contributed by atoms with Crippen LogP contribution in [0, 0.1) is 0 Å². The van der Waals surface area contributed by atoms with E-state index < -0.39 is 18.9 Å². The first kappa shape index (κ1) is 15.2. The number of nitrogens with zero attached hydrogens (tertiary/aromatic N) is 3. The Kier molecular flexibility index (Phi) is 5.07. The summed E-state index contributed by atoms with van der Waals surface area (Å²) in [6.07, 6.45) is -3.77. The van der Waals surface area contributed by atoms with Crippen LogP contribution in [0.25, 0.3) is 0 Å². The van der Waals surface area contributed by atoms with Gasteiger partial charge in [0, 0.05) is 7.05 Å². The molecule has 0 bridgehead atoms. The van der Waals surface area contributed by atoms with Gasteiger partial charge in [0.15, 0.2) is 0 Å². The number of anilines is 2. The van der Waals surface area contributed by atoms with E-state index in [1.807, 2.05) is 5.32 Å². The van der Waals surface area contributed by atoms with Crippen molar-refractivity contribution in [2.45, 2.75) is 19.3 Å². The number of halogens is 4. The van der Waals surface area contributed by atoms with Crippen molar-refractivity contribution in [3.8, 4) is 6.01 Å². The second-order valence-electron chi connectivity index (χ2n) is 3.36. The highest BCUT2D eigenvalue weighted by atomic mass is 19.3. The zero-order chi connectivity index (χ0) is 14.5. The van der Waals surface area contributed by atoms with Crippen LogP contribution in [-0.2, 0) is 0 Å². The zero-order valence-corrected chi connectivity index (χ0v) is 10.3. The molecule has 1 rings (SSSR count). The molecule has 1 aromatic rings. The third-order valence-corrected chi connectivity index (χ3v) is 1.91. The van der Waals surface area contributed by atoms with Crippen LogP contribution < -0.4 is 15.4 Å². The second-order valence-corrected chi connectivity index (χ2v) is 3.36. The summed E-state index contributed by atoms with van der Waals surface area (Å²) >= 11 is 0. The zero-order valence-electron chi connectivity index (χ0n) is 10.3. The molecule has 0 spiro atoms. The van der Waals surface area contributed by atoms with Gasteiger partial charge in [-0.1, -0.05) is 0 Å². The fourth-order valence-electron chi connectivity index (χ4n) is 1.02. The van der Waals surface area contributed by atoms with Crippen molar-refractivity contribution >= 4 is 11.9 Å². The van der Waals surface area contributed by atoms with Gasteiger partial charge in [0.25, 0.3) is 0 Å². The molecule has 0 aliphatic rings. The van der Waals surface area contributed by atoms with Crippen molar-refractivity contribution in [1.29, 1.82) is 0 Å². The molecule has 2 N–H and O–H groups in total. The maximum Gasteiger partial charge on any atom is 0.324 e. The van der Waals surface area contributed by atoms with Crippen molar-refractivity contribution < 1.29 is 22.3 Å². The summed E-state index contributed by atoms with van der Waals surface area (Å²) in [5.41, 5.74) is 0. The van der Waals surface area contributed by atoms with E-state index in [4.69, 9.17) is 4.74 Å². The van der Waals surface area contributed by atoms with E-state index >= 15 is 0 Å². The predicted octanol–water partition coefficient (Wildman–Crippen LogP) is 1.62. The Balaban J connectivity index is 2.80. The molecule has 0 unspecified atom stereocenters. The standard InChI is InChI=1S/C9H13F4N5O/c1-3-19-8-17-6(14-2)16-7(18-8)15-4-9(12,13)5(10)11/h5H,3-4H2,1-2H3,(H2,14,15,16,17,18). The van der Waals surface area contributed by atoms with Crippen LogP contribution in [0.5, 0.6) is 6.01 Å². The maximum atomic E-state index is 12.7. The molecule has 0 radical (unpaired) electrons. The van der Waals surface area contributed by atoms with Crippen molar-refractivity contribution in [2.75, 3.05) is 30.8 Å². The first-order valence-electron chi connectivity index (χ1n) is 5.35. The minimum absolute atomic E-state index is 0.0707. The van der Waals surface area contributed by atoms with Gasteiger partial charge < -0.3 is 15.4 Å². The molecular formula is C9H13F4N5O. The molecule has 6 nitrogen and oxygen atoms in total. The number of hydrogen-bond donors (Lipinski definition) is 2. The third kappa shape index (κ3) is 4.38. The Morgan fingerprint density at radius 2 is 1.84 bits per heavy atom. The normalized spacial score (nSPS) is 11.5. The summed E-state index contributed by atoms with van der Waals surface area (Å²) in [6.45, 7) is 0.657. The lowest BCUT2D eigenvalue weighted by Crippen LogP contribution is -2.35. The van der Waals surface area contributed by atoms with Crippen LogP contribution in [0.2, 0.25) is 0 Å². The molecule has 108 valence electrons. The van der Waals surface area contributed by atoms with Gasteiger partial charge in [0.05, 0.1) is 13.2 Å². The number of aromatic nitrogens is 3. The maximum absolute atomic E-state index is 12.7.